The van der Waals surface area contributed by atoms with Crippen LogP contribution in [0.4, 0.5) is 0 Å². The van der Waals surface area contributed by atoms with Crippen LogP contribution in [0.15, 0.2) is 25.0 Å². The third-order valence-corrected chi connectivity index (χ3v) is 6.01. The van der Waals surface area contributed by atoms with Gasteiger partial charge < -0.3 is 0 Å². The van der Waals surface area contributed by atoms with Crippen molar-refractivity contribution in [1.82, 2.24) is 9.78 Å². The summed E-state index contributed by atoms with van der Waals surface area (Å²) in [5, 5.41) is 4.14. The van der Waals surface area contributed by atoms with E-state index < -0.39 is 0 Å². The summed E-state index contributed by atoms with van der Waals surface area (Å²) in [5.74, 6) is -0.0207. The number of aryl methyl sites for hydroxylation is 1. The molecule has 0 saturated heterocycles. The number of halogens is 3. The largest absolute Gasteiger partial charge is 0.286 e. The first-order valence-electron chi connectivity index (χ1n) is 4.75. The molecule has 2 aromatic rings. The van der Waals surface area contributed by atoms with E-state index in [1.165, 1.54) is 11.3 Å². The lowest BCUT2D eigenvalue weighted by Crippen LogP contribution is -2.09. The Bertz CT molecular complexity index is 557. The number of rotatable bonds is 3. The van der Waals surface area contributed by atoms with E-state index in [1.807, 2.05) is 13.0 Å². The molecule has 0 aromatic carbocycles. The average Bonchev–Trinajstić information content (AvgIpc) is 2.82. The summed E-state index contributed by atoms with van der Waals surface area (Å²) in [5.41, 5.74) is 0.591. The number of thiophene rings is 1. The van der Waals surface area contributed by atoms with Gasteiger partial charge in [0.1, 0.15) is 5.69 Å². The second-order valence-electron chi connectivity index (χ2n) is 3.22. The molecule has 2 heterocycles. The zero-order chi connectivity index (χ0) is 12.6. The first-order chi connectivity index (χ1) is 8.04. The minimum absolute atomic E-state index is 0.0207. The summed E-state index contributed by atoms with van der Waals surface area (Å²) in [6.07, 6.45) is 1.65. The Hall–Kier alpha value is 0.0200. The SMILES string of the molecule is CCn1ncc(Br)c1C(=O)c1cc(Br)c(Br)s1. The van der Waals surface area contributed by atoms with Gasteiger partial charge in [-0.25, -0.2) is 0 Å². The maximum Gasteiger partial charge on any atom is 0.222 e. The highest BCUT2D eigenvalue weighted by molar-refractivity contribution is 9.13. The Morgan fingerprint density at radius 1 is 1.41 bits per heavy atom. The van der Waals surface area contributed by atoms with Crippen molar-refractivity contribution in [3.05, 3.63) is 35.6 Å². The van der Waals surface area contributed by atoms with Gasteiger partial charge in [-0.1, -0.05) is 0 Å². The van der Waals surface area contributed by atoms with Gasteiger partial charge in [-0.3, -0.25) is 9.48 Å². The first kappa shape index (κ1) is 13.5. The van der Waals surface area contributed by atoms with E-state index in [0.29, 0.717) is 17.1 Å². The van der Waals surface area contributed by atoms with Crippen LogP contribution in [-0.4, -0.2) is 15.6 Å². The molecule has 0 aliphatic rings. The average molecular weight is 443 g/mol. The molecule has 0 aliphatic heterocycles. The number of hydrogen-bond acceptors (Lipinski definition) is 3. The molecule has 0 bridgehead atoms. The van der Waals surface area contributed by atoms with Crippen molar-refractivity contribution in [2.24, 2.45) is 0 Å². The zero-order valence-electron chi connectivity index (χ0n) is 8.71. The van der Waals surface area contributed by atoms with Crippen LogP contribution in [0, 0.1) is 0 Å². The van der Waals surface area contributed by atoms with E-state index in [9.17, 15) is 4.79 Å². The highest BCUT2D eigenvalue weighted by Gasteiger charge is 2.20. The molecular weight excluding hydrogens is 436 g/mol. The number of hydrogen-bond donors (Lipinski definition) is 0. The third-order valence-electron chi connectivity index (χ3n) is 2.18. The Balaban J connectivity index is 2.46. The number of ketones is 1. The molecule has 0 fully saturated rings. The van der Waals surface area contributed by atoms with Gasteiger partial charge in [-0.2, -0.15) is 5.10 Å². The highest BCUT2D eigenvalue weighted by Crippen LogP contribution is 2.34. The standard InChI is InChI=1S/C10H7Br3N2OS/c1-2-15-8(6(12)4-14-15)9(16)7-3-5(11)10(13)17-7/h3-4H,2H2,1H3. The maximum atomic E-state index is 12.4. The van der Waals surface area contributed by atoms with Crippen molar-refractivity contribution in [3.8, 4) is 0 Å². The van der Waals surface area contributed by atoms with Crippen LogP contribution < -0.4 is 0 Å². The molecule has 3 nitrogen and oxygen atoms in total. The molecular formula is C10H7Br3N2OS. The first-order valence-corrected chi connectivity index (χ1v) is 7.95. The molecule has 0 N–H and O–H groups in total. The molecule has 90 valence electrons. The van der Waals surface area contributed by atoms with E-state index in [0.717, 1.165) is 12.7 Å². The van der Waals surface area contributed by atoms with Crippen molar-refractivity contribution < 1.29 is 4.79 Å². The van der Waals surface area contributed by atoms with Crippen molar-refractivity contribution in [2.45, 2.75) is 13.5 Å². The molecule has 0 amide bonds. The Morgan fingerprint density at radius 3 is 2.65 bits per heavy atom. The zero-order valence-corrected chi connectivity index (χ0v) is 14.3. The van der Waals surface area contributed by atoms with Gasteiger partial charge in [0.25, 0.3) is 0 Å². The summed E-state index contributed by atoms with van der Waals surface area (Å²) >= 11 is 11.5. The fourth-order valence-corrected chi connectivity index (χ4v) is 3.86. The van der Waals surface area contributed by atoms with E-state index in [1.54, 1.807) is 10.9 Å². The summed E-state index contributed by atoms with van der Waals surface area (Å²) in [7, 11) is 0. The van der Waals surface area contributed by atoms with Crippen LogP contribution in [0.3, 0.4) is 0 Å². The summed E-state index contributed by atoms with van der Waals surface area (Å²) in [6.45, 7) is 2.62. The molecule has 0 aliphatic carbocycles. The normalized spacial score (nSPS) is 10.8. The fourth-order valence-electron chi connectivity index (χ4n) is 1.40. The van der Waals surface area contributed by atoms with Crippen LogP contribution in [0.1, 0.15) is 22.3 Å². The monoisotopic (exact) mass is 440 g/mol. The quantitative estimate of drug-likeness (QED) is 0.657. The molecule has 2 aromatic heterocycles. The lowest BCUT2D eigenvalue weighted by molar-refractivity contribution is 0.103. The highest BCUT2D eigenvalue weighted by atomic mass is 79.9. The van der Waals surface area contributed by atoms with Gasteiger partial charge in [0.15, 0.2) is 0 Å². The molecule has 0 unspecified atom stereocenters. The van der Waals surface area contributed by atoms with Gasteiger partial charge >= 0.3 is 0 Å². The summed E-state index contributed by atoms with van der Waals surface area (Å²) in [4.78, 5) is 13.0. The van der Waals surface area contributed by atoms with Crippen LogP contribution in [0.25, 0.3) is 0 Å². The molecule has 0 saturated carbocycles. The van der Waals surface area contributed by atoms with E-state index in [-0.39, 0.29) is 5.78 Å². The minimum Gasteiger partial charge on any atom is -0.286 e. The van der Waals surface area contributed by atoms with Gasteiger partial charge in [-0.05, 0) is 60.8 Å². The van der Waals surface area contributed by atoms with Crippen LogP contribution in [0.2, 0.25) is 0 Å². The van der Waals surface area contributed by atoms with Crippen molar-refractivity contribution in [2.75, 3.05) is 0 Å². The molecule has 7 heteroatoms. The lowest BCUT2D eigenvalue weighted by atomic mass is 10.2. The molecule has 17 heavy (non-hydrogen) atoms. The van der Waals surface area contributed by atoms with Gasteiger partial charge in [0.2, 0.25) is 5.78 Å². The van der Waals surface area contributed by atoms with E-state index in [2.05, 4.69) is 52.9 Å². The minimum atomic E-state index is -0.0207. The van der Waals surface area contributed by atoms with Gasteiger partial charge in [0, 0.05) is 11.0 Å². The fraction of sp³-hybridized carbons (Fsp3) is 0.200. The number of carbonyl (C=O) groups excluding carboxylic acids is 1. The van der Waals surface area contributed by atoms with E-state index >= 15 is 0 Å². The Kier molecular flexibility index (Phi) is 4.22. The summed E-state index contributed by atoms with van der Waals surface area (Å²) < 4.78 is 4.22. The molecule has 0 radical (unpaired) electrons. The third kappa shape index (κ3) is 2.57. The predicted octanol–water partition coefficient (Wildman–Crippen LogP) is 4.48. The van der Waals surface area contributed by atoms with Crippen LogP contribution in [0.5, 0.6) is 0 Å². The van der Waals surface area contributed by atoms with Crippen LogP contribution in [-0.2, 0) is 6.54 Å². The molecule has 0 spiro atoms. The van der Waals surface area contributed by atoms with Gasteiger partial charge in [0.05, 0.1) is 19.3 Å². The number of aromatic nitrogens is 2. The predicted molar refractivity (Wildman–Crippen MR) is 78.8 cm³/mol. The van der Waals surface area contributed by atoms with Crippen molar-refractivity contribution in [3.63, 3.8) is 0 Å². The summed E-state index contributed by atoms with van der Waals surface area (Å²) in [6, 6.07) is 1.82. The number of carbonyl (C=O) groups is 1. The van der Waals surface area contributed by atoms with Gasteiger partial charge in [-0.15, -0.1) is 11.3 Å². The van der Waals surface area contributed by atoms with Crippen molar-refractivity contribution >= 4 is 64.9 Å². The lowest BCUT2D eigenvalue weighted by Gasteiger charge is -2.02. The van der Waals surface area contributed by atoms with Crippen LogP contribution >= 0.6 is 59.1 Å². The second kappa shape index (κ2) is 5.34. The maximum absolute atomic E-state index is 12.4. The van der Waals surface area contributed by atoms with E-state index in [4.69, 9.17) is 0 Å². The topological polar surface area (TPSA) is 34.9 Å². The molecule has 0 atom stereocenters. The number of nitrogens with zero attached hydrogens (tertiary/aromatic N) is 2. The second-order valence-corrected chi connectivity index (χ2v) is 7.30. The Labute approximate surface area is 128 Å². The van der Waals surface area contributed by atoms with Crippen molar-refractivity contribution in [1.29, 1.82) is 0 Å². The Morgan fingerprint density at radius 2 is 2.12 bits per heavy atom. The molecule has 2 rings (SSSR count). The smallest absolute Gasteiger partial charge is 0.222 e.